The van der Waals surface area contributed by atoms with Crippen LogP contribution in [-0.2, 0) is 16.6 Å². The second kappa shape index (κ2) is 9.43. The molecule has 0 spiro atoms. The van der Waals surface area contributed by atoms with Crippen molar-refractivity contribution in [3.8, 4) is 16.9 Å². The van der Waals surface area contributed by atoms with Crippen LogP contribution >= 0.6 is 0 Å². The molecule has 0 amide bonds. The standard InChI is InChI=1S/C23H28N6O4S/c1-28-12-19(30)10-27-34(31,32)23-5-4-16(17-3-2-6-24-8-17)7-21(23)33-22-14-29(13-20(22)28)11-18-9-25-15-26-18/h2-9,15,19-20,22,27,30H,10-14H2,1H3,(H,25,26)/t19-,20+,22-/m0/s1. The molecule has 34 heavy (non-hydrogen) atoms. The van der Waals surface area contributed by atoms with Crippen LogP contribution < -0.4 is 9.46 Å². The zero-order chi connectivity index (χ0) is 23.7. The maximum absolute atomic E-state index is 13.1. The van der Waals surface area contributed by atoms with Crippen LogP contribution in [-0.4, -0.2) is 89.8 Å². The highest BCUT2D eigenvalue weighted by atomic mass is 32.2. The molecule has 3 N–H and O–H groups in total. The number of ether oxygens (including phenoxy) is 1. The number of pyridine rings is 1. The highest BCUT2D eigenvalue weighted by molar-refractivity contribution is 7.89. The van der Waals surface area contributed by atoms with E-state index in [4.69, 9.17) is 4.74 Å². The average molecular weight is 485 g/mol. The van der Waals surface area contributed by atoms with E-state index in [-0.39, 0.29) is 29.3 Å². The number of sulfonamides is 1. The molecule has 5 rings (SSSR count). The van der Waals surface area contributed by atoms with Crippen molar-refractivity contribution >= 4 is 10.0 Å². The molecule has 0 bridgehead atoms. The third-order valence-electron chi connectivity index (χ3n) is 6.34. The molecule has 3 atom stereocenters. The fraction of sp³-hybridized carbons (Fsp3) is 0.391. The van der Waals surface area contributed by atoms with Gasteiger partial charge in [-0.1, -0.05) is 12.1 Å². The maximum atomic E-state index is 13.1. The summed E-state index contributed by atoms with van der Waals surface area (Å²) in [4.78, 5) is 15.7. The van der Waals surface area contributed by atoms with E-state index < -0.39 is 16.1 Å². The minimum Gasteiger partial charge on any atom is -0.486 e. The molecular formula is C23H28N6O4S. The molecule has 0 aliphatic carbocycles. The molecule has 180 valence electrons. The second-order valence-corrected chi connectivity index (χ2v) is 10.6. The Morgan fingerprint density at radius 1 is 1.15 bits per heavy atom. The Balaban J connectivity index is 1.52. The number of benzene rings is 1. The Morgan fingerprint density at radius 3 is 2.79 bits per heavy atom. The molecule has 2 aliphatic rings. The first-order valence-electron chi connectivity index (χ1n) is 11.2. The highest BCUT2D eigenvalue weighted by Crippen LogP contribution is 2.33. The molecule has 0 unspecified atom stereocenters. The summed E-state index contributed by atoms with van der Waals surface area (Å²) in [7, 11) is -1.95. The first-order valence-corrected chi connectivity index (χ1v) is 12.7. The predicted octanol–water partition coefficient (Wildman–Crippen LogP) is 0.688. The lowest BCUT2D eigenvalue weighted by molar-refractivity contribution is 0.0713. The number of imidazole rings is 1. The molecule has 2 aliphatic heterocycles. The average Bonchev–Trinajstić information content (AvgIpc) is 3.48. The van der Waals surface area contributed by atoms with Gasteiger partial charge in [0.2, 0.25) is 10.0 Å². The summed E-state index contributed by atoms with van der Waals surface area (Å²) < 4.78 is 35.2. The molecule has 1 aromatic carbocycles. The van der Waals surface area contributed by atoms with Crippen LogP contribution in [0, 0.1) is 0 Å². The zero-order valence-electron chi connectivity index (χ0n) is 18.8. The Labute approximate surface area is 198 Å². The van der Waals surface area contributed by atoms with E-state index >= 15 is 0 Å². The number of aromatic nitrogens is 3. The predicted molar refractivity (Wildman–Crippen MR) is 126 cm³/mol. The van der Waals surface area contributed by atoms with Crippen molar-refractivity contribution in [1.82, 2.24) is 29.5 Å². The van der Waals surface area contributed by atoms with Gasteiger partial charge in [0.05, 0.1) is 18.5 Å². The second-order valence-electron chi connectivity index (χ2n) is 8.84. The third-order valence-corrected chi connectivity index (χ3v) is 7.80. The minimum absolute atomic E-state index is 0.0340. The summed E-state index contributed by atoms with van der Waals surface area (Å²) in [5.41, 5.74) is 2.67. The van der Waals surface area contributed by atoms with E-state index in [1.807, 2.05) is 24.1 Å². The van der Waals surface area contributed by atoms with Gasteiger partial charge in [-0.05, 0) is 30.8 Å². The summed E-state index contributed by atoms with van der Waals surface area (Å²) in [5, 5.41) is 10.5. The summed E-state index contributed by atoms with van der Waals surface area (Å²) in [6.45, 7) is 2.24. The molecular weight excluding hydrogens is 456 g/mol. The molecule has 2 aromatic heterocycles. The summed E-state index contributed by atoms with van der Waals surface area (Å²) >= 11 is 0. The number of aromatic amines is 1. The topological polar surface area (TPSA) is 124 Å². The Bertz CT molecular complexity index is 1220. The first-order chi connectivity index (χ1) is 16.4. The number of likely N-dealkylation sites (tertiary alicyclic amines) is 1. The molecule has 0 radical (unpaired) electrons. The van der Waals surface area contributed by atoms with Crippen molar-refractivity contribution in [2.24, 2.45) is 0 Å². The quantitative estimate of drug-likeness (QED) is 0.496. The van der Waals surface area contributed by atoms with Crippen molar-refractivity contribution in [2.75, 3.05) is 33.2 Å². The largest absolute Gasteiger partial charge is 0.486 e. The van der Waals surface area contributed by atoms with Crippen molar-refractivity contribution in [2.45, 2.75) is 29.7 Å². The molecule has 3 aromatic rings. The fourth-order valence-corrected chi connectivity index (χ4v) is 5.81. The van der Waals surface area contributed by atoms with Crippen LogP contribution in [0.15, 0.2) is 60.1 Å². The van der Waals surface area contributed by atoms with Crippen molar-refractivity contribution in [1.29, 1.82) is 0 Å². The van der Waals surface area contributed by atoms with Gasteiger partial charge in [-0.2, -0.15) is 0 Å². The zero-order valence-corrected chi connectivity index (χ0v) is 19.6. The SMILES string of the molecule is CN1C[C@@H](O)CNS(=O)(=O)c2ccc(-c3cccnc3)cc2O[C@H]2CN(Cc3cnc[nH]3)C[C@H]21. The number of likely N-dealkylation sites (N-methyl/N-ethyl adjacent to an activating group) is 1. The van der Waals surface area contributed by atoms with Crippen molar-refractivity contribution in [3.05, 3.63) is 60.9 Å². The first kappa shape index (κ1) is 22.9. The number of hydrogen-bond acceptors (Lipinski definition) is 8. The van der Waals surface area contributed by atoms with Gasteiger partial charge in [0.25, 0.3) is 0 Å². The van der Waals surface area contributed by atoms with Gasteiger partial charge in [-0.15, -0.1) is 0 Å². The molecule has 0 saturated carbocycles. The molecule has 1 fully saturated rings. The molecule has 4 heterocycles. The lowest BCUT2D eigenvalue weighted by Crippen LogP contribution is -2.47. The van der Waals surface area contributed by atoms with Gasteiger partial charge in [-0.25, -0.2) is 18.1 Å². The van der Waals surface area contributed by atoms with Crippen LogP contribution in [0.25, 0.3) is 11.1 Å². The highest BCUT2D eigenvalue weighted by Gasteiger charge is 2.39. The van der Waals surface area contributed by atoms with E-state index in [2.05, 4.69) is 24.6 Å². The van der Waals surface area contributed by atoms with Crippen LogP contribution in [0.4, 0.5) is 0 Å². The lowest BCUT2D eigenvalue weighted by atomic mass is 10.1. The van der Waals surface area contributed by atoms with Crippen LogP contribution in [0.2, 0.25) is 0 Å². The van der Waals surface area contributed by atoms with E-state index in [1.165, 1.54) is 0 Å². The Hall–Kier alpha value is -2.83. The van der Waals surface area contributed by atoms with E-state index in [1.54, 1.807) is 43.1 Å². The number of aliphatic hydroxyl groups is 1. The van der Waals surface area contributed by atoms with Gasteiger partial charge < -0.3 is 14.8 Å². The number of H-pyrrole nitrogens is 1. The molecule has 10 nitrogen and oxygen atoms in total. The third kappa shape index (κ3) is 4.84. The van der Waals surface area contributed by atoms with Gasteiger partial charge >= 0.3 is 0 Å². The summed E-state index contributed by atoms with van der Waals surface area (Å²) in [5.74, 6) is 0.289. The van der Waals surface area contributed by atoms with E-state index in [0.717, 1.165) is 16.8 Å². The van der Waals surface area contributed by atoms with Gasteiger partial charge in [-0.3, -0.25) is 14.8 Å². The number of hydrogen-bond donors (Lipinski definition) is 3. The number of nitrogens with zero attached hydrogens (tertiary/aromatic N) is 4. The van der Waals surface area contributed by atoms with Crippen LogP contribution in [0.5, 0.6) is 5.75 Å². The monoisotopic (exact) mass is 484 g/mol. The van der Waals surface area contributed by atoms with Gasteiger partial charge in [0.1, 0.15) is 16.7 Å². The maximum Gasteiger partial charge on any atom is 0.244 e. The Kier molecular flexibility index (Phi) is 6.36. The number of nitrogens with one attached hydrogen (secondary N) is 2. The summed E-state index contributed by atoms with van der Waals surface area (Å²) in [6, 6.07) is 8.78. The number of aliphatic hydroxyl groups excluding tert-OH is 1. The summed E-state index contributed by atoms with van der Waals surface area (Å²) in [6.07, 6.45) is 5.73. The van der Waals surface area contributed by atoms with Crippen LogP contribution in [0.3, 0.4) is 0 Å². The minimum atomic E-state index is -3.89. The van der Waals surface area contributed by atoms with E-state index in [0.29, 0.717) is 26.2 Å². The molecule has 1 saturated heterocycles. The van der Waals surface area contributed by atoms with Crippen LogP contribution in [0.1, 0.15) is 5.69 Å². The fourth-order valence-electron chi connectivity index (χ4n) is 4.63. The molecule has 11 heteroatoms. The van der Waals surface area contributed by atoms with Gasteiger partial charge in [0.15, 0.2) is 0 Å². The number of β-amino-alcohol motifs (C(OH)–C–C–N with tert-alkyl or cyclic N) is 1. The van der Waals surface area contributed by atoms with E-state index in [9.17, 15) is 13.5 Å². The van der Waals surface area contributed by atoms with Crippen molar-refractivity contribution < 1.29 is 18.3 Å². The number of fused-ring (bicyclic) bond motifs is 2. The lowest BCUT2D eigenvalue weighted by Gasteiger charge is -2.30. The van der Waals surface area contributed by atoms with Gasteiger partial charge in [0, 0.05) is 62.6 Å². The normalized spacial score (nSPS) is 25.6. The van der Waals surface area contributed by atoms with Crippen molar-refractivity contribution in [3.63, 3.8) is 0 Å². The smallest absolute Gasteiger partial charge is 0.244 e. The number of rotatable bonds is 3. The Morgan fingerprint density at radius 2 is 2.03 bits per heavy atom.